The quantitative estimate of drug-likeness (QED) is 0.703. The fourth-order valence-corrected chi connectivity index (χ4v) is 1.71. The number of hydrogen-bond acceptors (Lipinski definition) is 3. The predicted molar refractivity (Wildman–Crippen MR) is 42.2 cm³/mol. The molecule has 0 fully saturated rings. The van der Waals surface area contributed by atoms with Crippen LogP contribution in [0.1, 0.15) is 16.8 Å². The summed E-state index contributed by atoms with van der Waals surface area (Å²) in [7, 11) is 0. The number of hydrogen-bond donors (Lipinski definition) is 1. The monoisotopic (exact) mass is 157 g/mol. The molecule has 0 saturated heterocycles. The molecule has 0 aliphatic carbocycles. The van der Waals surface area contributed by atoms with Crippen molar-refractivity contribution in [1.29, 1.82) is 0 Å². The Hall–Kier alpha value is -0.410. The van der Waals surface area contributed by atoms with Gasteiger partial charge in [0.15, 0.2) is 0 Å². The molecule has 56 valence electrons. The molecular weight excluding hydrogens is 146 g/mol. The fraction of sp³-hybridized carbons (Fsp3) is 0.571. The first-order chi connectivity index (χ1) is 4.68. The lowest BCUT2D eigenvalue weighted by atomic mass is 10.3. The smallest absolute Gasteiger partial charge is 0.0896 e. The summed E-state index contributed by atoms with van der Waals surface area (Å²) in [5.74, 6) is 0. The summed E-state index contributed by atoms with van der Waals surface area (Å²) >= 11 is 1.64. The molecule has 3 heteroatoms. The predicted octanol–water partition coefficient (Wildman–Crippen LogP) is 1.37. The van der Waals surface area contributed by atoms with E-state index in [0.29, 0.717) is 0 Å². The Morgan fingerprint density at radius 1 is 1.80 bits per heavy atom. The topological polar surface area (TPSA) is 33.1 Å². The van der Waals surface area contributed by atoms with Gasteiger partial charge in [0, 0.05) is 17.5 Å². The zero-order valence-electron chi connectivity index (χ0n) is 6.16. The van der Waals surface area contributed by atoms with Crippen molar-refractivity contribution >= 4 is 11.3 Å². The van der Waals surface area contributed by atoms with Gasteiger partial charge < -0.3 is 5.11 Å². The summed E-state index contributed by atoms with van der Waals surface area (Å²) in [6.07, 6.45) is 2.30. The van der Waals surface area contributed by atoms with Gasteiger partial charge in [-0.1, -0.05) is 0 Å². The van der Waals surface area contributed by atoms with Crippen molar-refractivity contribution < 1.29 is 5.11 Å². The lowest BCUT2D eigenvalue weighted by molar-refractivity contribution is 0.196. The summed E-state index contributed by atoms with van der Waals surface area (Å²) in [5, 5.41) is 10.1. The van der Waals surface area contributed by atoms with Crippen molar-refractivity contribution in [2.75, 3.05) is 0 Å². The minimum atomic E-state index is -0.250. The van der Waals surface area contributed by atoms with Crippen LogP contribution >= 0.6 is 11.3 Å². The molecule has 1 heterocycles. The normalized spacial score (nSPS) is 13.5. The van der Waals surface area contributed by atoms with Crippen LogP contribution in [0.15, 0.2) is 6.20 Å². The maximum absolute atomic E-state index is 8.99. The van der Waals surface area contributed by atoms with Gasteiger partial charge in [-0.2, -0.15) is 0 Å². The van der Waals surface area contributed by atoms with Crippen LogP contribution in [0.3, 0.4) is 0 Å². The average molecular weight is 157 g/mol. The largest absolute Gasteiger partial charge is 0.393 e. The molecule has 1 N–H and O–H groups in total. The van der Waals surface area contributed by atoms with E-state index in [4.69, 9.17) is 5.11 Å². The molecule has 1 atom stereocenters. The van der Waals surface area contributed by atoms with Gasteiger partial charge in [-0.15, -0.1) is 11.3 Å². The summed E-state index contributed by atoms with van der Waals surface area (Å²) < 4.78 is 0. The number of aliphatic hydroxyl groups excluding tert-OH is 1. The number of nitrogens with zero attached hydrogens (tertiary/aromatic N) is 1. The Morgan fingerprint density at radius 2 is 2.50 bits per heavy atom. The van der Waals surface area contributed by atoms with Gasteiger partial charge in [-0.3, -0.25) is 0 Å². The zero-order chi connectivity index (χ0) is 7.56. The third kappa shape index (κ3) is 2.08. The van der Waals surface area contributed by atoms with E-state index in [1.807, 2.05) is 13.1 Å². The summed E-state index contributed by atoms with van der Waals surface area (Å²) in [4.78, 5) is 5.24. The van der Waals surface area contributed by atoms with Gasteiger partial charge in [0.2, 0.25) is 0 Å². The Balaban J connectivity index is 2.58. The van der Waals surface area contributed by atoms with Gasteiger partial charge >= 0.3 is 0 Å². The first kappa shape index (κ1) is 7.69. The van der Waals surface area contributed by atoms with E-state index < -0.39 is 0 Å². The molecule has 0 unspecified atom stereocenters. The highest BCUT2D eigenvalue weighted by Crippen LogP contribution is 2.12. The minimum Gasteiger partial charge on any atom is -0.393 e. The molecule has 10 heavy (non-hydrogen) atoms. The molecule has 0 aliphatic heterocycles. The number of rotatable bonds is 2. The standard InChI is InChI=1S/C7H11NOS/c1-5(9)3-7-4-8-6(2)10-7/h4-5,9H,3H2,1-2H3/t5-/m1/s1. The van der Waals surface area contributed by atoms with Crippen LogP contribution in [0.2, 0.25) is 0 Å². The van der Waals surface area contributed by atoms with Gasteiger partial charge in [0.25, 0.3) is 0 Å². The Bertz CT molecular complexity index is 207. The fourth-order valence-electron chi connectivity index (χ4n) is 0.791. The SMILES string of the molecule is Cc1ncc(C[C@@H](C)O)s1. The summed E-state index contributed by atoms with van der Waals surface area (Å²) in [6.45, 7) is 3.76. The van der Waals surface area contributed by atoms with Gasteiger partial charge in [-0.25, -0.2) is 4.98 Å². The van der Waals surface area contributed by atoms with Crippen molar-refractivity contribution in [2.45, 2.75) is 26.4 Å². The van der Waals surface area contributed by atoms with Crippen LogP contribution in [0.4, 0.5) is 0 Å². The highest BCUT2D eigenvalue weighted by molar-refractivity contribution is 7.11. The van der Waals surface area contributed by atoms with Gasteiger partial charge in [0.05, 0.1) is 11.1 Å². The first-order valence-corrected chi connectivity index (χ1v) is 4.09. The molecule has 0 aromatic carbocycles. The van der Waals surface area contributed by atoms with E-state index in [0.717, 1.165) is 16.3 Å². The van der Waals surface area contributed by atoms with Crippen molar-refractivity contribution in [1.82, 2.24) is 4.98 Å². The van der Waals surface area contributed by atoms with Crippen molar-refractivity contribution in [2.24, 2.45) is 0 Å². The number of aromatic nitrogens is 1. The highest BCUT2D eigenvalue weighted by atomic mass is 32.1. The summed E-state index contributed by atoms with van der Waals surface area (Å²) in [6, 6.07) is 0. The van der Waals surface area contributed by atoms with Crippen LogP contribution in [0.5, 0.6) is 0 Å². The van der Waals surface area contributed by atoms with E-state index in [-0.39, 0.29) is 6.10 Å². The number of aliphatic hydroxyl groups is 1. The maximum atomic E-state index is 8.99. The van der Waals surface area contributed by atoms with Crippen LogP contribution in [-0.4, -0.2) is 16.2 Å². The second-order valence-electron chi connectivity index (χ2n) is 2.40. The molecule has 0 amide bonds. The molecule has 2 nitrogen and oxygen atoms in total. The van der Waals surface area contributed by atoms with Crippen molar-refractivity contribution in [3.05, 3.63) is 16.1 Å². The van der Waals surface area contributed by atoms with Crippen LogP contribution in [-0.2, 0) is 6.42 Å². The lowest BCUT2D eigenvalue weighted by Gasteiger charge is -1.97. The highest BCUT2D eigenvalue weighted by Gasteiger charge is 2.01. The van der Waals surface area contributed by atoms with Crippen LogP contribution in [0, 0.1) is 6.92 Å². The molecule has 0 bridgehead atoms. The number of thiazole rings is 1. The summed E-state index contributed by atoms with van der Waals surface area (Å²) in [5.41, 5.74) is 0. The van der Waals surface area contributed by atoms with Crippen LogP contribution in [0.25, 0.3) is 0 Å². The molecule has 0 radical (unpaired) electrons. The molecule has 0 saturated carbocycles. The molecule has 1 rings (SSSR count). The average Bonchev–Trinajstić information content (AvgIpc) is 2.13. The molecule has 0 aliphatic rings. The van der Waals surface area contributed by atoms with Gasteiger partial charge in [0.1, 0.15) is 0 Å². The second-order valence-corrected chi connectivity index (χ2v) is 3.72. The van der Waals surface area contributed by atoms with E-state index in [1.165, 1.54) is 0 Å². The van der Waals surface area contributed by atoms with E-state index in [1.54, 1.807) is 18.3 Å². The molecule has 0 spiro atoms. The Kier molecular flexibility index (Phi) is 2.40. The third-order valence-corrected chi connectivity index (χ3v) is 2.10. The number of aryl methyl sites for hydroxylation is 1. The van der Waals surface area contributed by atoms with E-state index in [9.17, 15) is 0 Å². The Morgan fingerprint density at radius 3 is 2.90 bits per heavy atom. The van der Waals surface area contributed by atoms with Crippen molar-refractivity contribution in [3.63, 3.8) is 0 Å². The van der Waals surface area contributed by atoms with Gasteiger partial charge in [-0.05, 0) is 13.8 Å². The minimum absolute atomic E-state index is 0.250. The lowest BCUT2D eigenvalue weighted by Crippen LogP contribution is -2.01. The van der Waals surface area contributed by atoms with Crippen LogP contribution < -0.4 is 0 Å². The molecule has 1 aromatic heterocycles. The second kappa shape index (κ2) is 3.12. The van der Waals surface area contributed by atoms with Crippen molar-refractivity contribution in [3.8, 4) is 0 Å². The third-order valence-electron chi connectivity index (χ3n) is 1.17. The zero-order valence-corrected chi connectivity index (χ0v) is 6.98. The molecule has 1 aromatic rings. The Labute approximate surface area is 64.5 Å². The first-order valence-electron chi connectivity index (χ1n) is 3.28. The van der Waals surface area contributed by atoms with E-state index >= 15 is 0 Å². The van der Waals surface area contributed by atoms with E-state index in [2.05, 4.69) is 4.98 Å². The maximum Gasteiger partial charge on any atom is 0.0896 e. The molecular formula is C7H11NOS.